The molecule has 1 saturated carbocycles. The van der Waals surface area contributed by atoms with Crippen LogP contribution in [0.1, 0.15) is 28.1 Å². The number of hydrogen-bond acceptors (Lipinski definition) is 3. The normalized spacial score (nSPS) is 14.1. The number of benzene rings is 1. The number of thiophene rings is 1. The number of carbonyl (C=O) groups excluding carboxylic acids is 1. The molecule has 0 bridgehead atoms. The second kappa shape index (κ2) is 5.85. The molecule has 0 spiro atoms. The van der Waals surface area contributed by atoms with Crippen LogP contribution in [0.3, 0.4) is 0 Å². The summed E-state index contributed by atoms with van der Waals surface area (Å²) in [7, 11) is 0. The molecule has 104 valence electrons. The highest BCUT2D eigenvalue weighted by Crippen LogP contribution is 2.25. The van der Waals surface area contributed by atoms with Crippen molar-refractivity contribution in [1.82, 2.24) is 5.32 Å². The standard InChI is InChI=1S/C15H14ClNO2S/c16-12-3-1-2-4-13(12)19-8-10-7-14(20-9-10)15(18)17-11-5-6-11/h1-4,7,9,11H,5-6,8H2,(H,17,18). The van der Waals surface area contributed by atoms with Gasteiger partial charge in [-0.05, 0) is 36.4 Å². The Morgan fingerprint density at radius 1 is 1.40 bits per heavy atom. The van der Waals surface area contributed by atoms with E-state index in [0.717, 1.165) is 23.3 Å². The number of hydrogen-bond donors (Lipinski definition) is 1. The highest BCUT2D eigenvalue weighted by molar-refractivity contribution is 7.12. The van der Waals surface area contributed by atoms with Crippen LogP contribution in [0.2, 0.25) is 5.02 Å². The molecule has 3 rings (SSSR count). The highest BCUT2D eigenvalue weighted by atomic mass is 35.5. The molecule has 1 aliphatic rings. The van der Waals surface area contributed by atoms with Crippen LogP contribution < -0.4 is 10.1 Å². The van der Waals surface area contributed by atoms with Crippen molar-refractivity contribution in [3.63, 3.8) is 0 Å². The second-order valence-electron chi connectivity index (χ2n) is 4.79. The molecule has 5 heteroatoms. The smallest absolute Gasteiger partial charge is 0.261 e. The summed E-state index contributed by atoms with van der Waals surface area (Å²) in [5.74, 6) is 0.672. The Bertz CT molecular complexity index is 622. The summed E-state index contributed by atoms with van der Waals surface area (Å²) in [6.45, 7) is 0.414. The maximum atomic E-state index is 11.9. The third kappa shape index (κ3) is 3.32. The molecule has 1 fully saturated rings. The Kier molecular flexibility index (Phi) is 3.94. The second-order valence-corrected chi connectivity index (χ2v) is 6.10. The van der Waals surface area contributed by atoms with E-state index in [4.69, 9.17) is 16.3 Å². The number of halogens is 1. The molecule has 0 aliphatic heterocycles. The number of carbonyl (C=O) groups is 1. The summed E-state index contributed by atoms with van der Waals surface area (Å²) in [5, 5.41) is 5.51. The van der Waals surface area contributed by atoms with Gasteiger partial charge in [0.2, 0.25) is 0 Å². The number of para-hydroxylation sites is 1. The van der Waals surface area contributed by atoms with Gasteiger partial charge in [-0.1, -0.05) is 23.7 Å². The zero-order valence-corrected chi connectivity index (χ0v) is 12.3. The molecule has 1 N–H and O–H groups in total. The molecule has 1 heterocycles. The van der Waals surface area contributed by atoms with E-state index in [9.17, 15) is 4.79 Å². The van der Waals surface area contributed by atoms with Crippen LogP contribution in [0.5, 0.6) is 5.75 Å². The molecule has 0 atom stereocenters. The maximum Gasteiger partial charge on any atom is 0.261 e. The molecule has 0 radical (unpaired) electrons. The fourth-order valence-corrected chi connectivity index (χ4v) is 2.77. The molecular weight excluding hydrogens is 294 g/mol. The van der Waals surface area contributed by atoms with Crippen LogP contribution in [0.25, 0.3) is 0 Å². The largest absolute Gasteiger partial charge is 0.487 e. The quantitative estimate of drug-likeness (QED) is 0.910. The average Bonchev–Trinajstić information content (AvgIpc) is 3.13. The van der Waals surface area contributed by atoms with Crippen LogP contribution in [0.15, 0.2) is 35.7 Å². The molecule has 3 nitrogen and oxygen atoms in total. The summed E-state index contributed by atoms with van der Waals surface area (Å²) in [4.78, 5) is 12.6. The first-order valence-electron chi connectivity index (χ1n) is 6.48. The minimum absolute atomic E-state index is 0.0153. The number of rotatable bonds is 5. The van der Waals surface area contributed by atoms with Gasteiger partial charge in [0.25, 0.3) is 5.91 Å². The average molecular weight is 308 g/mol. The van der Waals surface area contributed by atoms with Gasteiger partial charge in [-0.25, -0.2) is 0 Å². The molecular formula is C15H14ClNO2S. The molecule has 0 saturated heterocycles. The van der Waals surface area contributed by atoms with E-state index in [1.54, 1.807) is 6.07 Å². The van der Waals surface area contributed by atoms with Crippen molar-refractivity contribution in [3.05, 3.63) is 51.2 Å². The lowest BCUT2D eigenvalue weighted by Gasteiger charge is -2.06. The van der Waals surface area contributed by atoms with Crippen molar-refractivity contribution in [1.29, 1.82) is 0 Å². The lowest BCUT2D eigenvalue weighted by atomic mass is 10.3. The van der Waals surface area contributed by atoms with Gasteiger partial charge in [-0.15, -0.1) is 11.3 Å². The zero-order chi connectivity index (χ0) is 13.9. The van der Waals surface area contributed by atoms with Crippen LogP contribution in [0, 0.1) is 0 Å². The minimum atomic E-state index is 0.0153. The molecule has 1 aromatic carbocycles. The van der Waals surface area contributed by atoms with Gasteiger partial charge in [0.15, 0.2) is 0 Å². The Morgan fingerprint density at radius 2 is 2.20 bits per heavy atom. The molecule has 2 aromatic rings. The summed E-state index contributed by atoms with van der Waals surface area (Å²) < 4.78 is 5.65. The summed E-state index contributed by atoms with van der Waals surface area (Å²) in [5.41, 5.74) is 0.982. The van der Waals surface area contributed by atoms with Crippen molar-refractivity contribution >= 4 is 28.8 Å². The van der Waals surface area contributed by atoms with Gasteiger partial charge in [-0.2, -0.15) is 0 Å². The Morgan fingerprint density at radius 3 is 2.95 bits per heavy atom. The lowest BCUT2D eigenvalue weighted by Crippen LogP contribution is -2.24. The molecule has 1 amide bonds. The summed E-state index contributed by atoms with van der Waals surface area (Å²) >= 11 is 7.47. The van der Waals surface area contributed by atoms with Crippen molar-refractivity contribution in [2.75, 3.05) is 0 Å². The van der Waals surface area contributed by atoms with E-state index in [1.807, 2.05) is 29.6 Å². The van der Waals surface area contributed by atoms with Crippen LogP contribution >= 0.6 is 22.9 Å². The number of ether oxygens (including phenoxy) is 1. The van der Waals surface area contributed by atoms with Gasteiger partial charge in [0.05, 0.1) is 9.90 Å². The van der Waals surface area contributed by atoms with Crippen molar-refractivity contribution < 1.29 is 9.53 Å². The van der Waals surface area contributed by atoms with Crippen molar-refractivity contribution in [2.24, 2.45) is 0 Å². The zero-order valence-electron chi connectivity index (χ0n) is 10.8. The van der Waals surface area contributed by atoms with Crippen molar-refractivity contribution in [2.45, 2.75) is 25.5 Å². The first-order chi connectivity index (χ1) is 9.72. The van der Waals surface area contributed by atoms with E-state index < -0.39 is 0 Å². The first kappa shape index (κ1) is 13.5. The predicted octanol–water partition coefficient (Wildman–Crippen LogP) is 3.87. The third-order valence-electron chi connectivity index (χ3n) is 3.02. The monoisotopic (exact) mass is 307 g/mol. The minimum Gasteiger partial charge on any atom is -0.487 e. The van der Waals surface area contributed by atoms with Gasteiger partial charge in [0.1, 0.15) is 12.4 Å². The Labute approximate surface area is 126 Å². The van der Waals surface area contributed by atoms with Gasteiger partial charge in [0, 0.05) is 11.6 Å². The molecule has 20 heavy (non-hydrogen) atoms. The first-order valence-corrected chi connectivity index (χ1v) is 7.74. The van der Waals surface area contributed by atoms with Crippen LogP contribution in [-0.2, 0) is 6.61 Å². The SMILES string of the molecule is O=C(NC1CC1)c1cc(COc2ccccc2Cl)cs1. The van der Waals surface area contributed by atoms with E-state index in [2.05, 4.69) is 5.32 Å². The molecule has 1 aliphatic carbocycles. The van der Waals surface area contributed by atoms with Crippen molar-refractivity contribution in [3.8, 4) is 5.75 Å². The predicted molar refractivity (Wildman–Crippen MR) is 80.6 cm³/mol. The fourth-order valence-electron chi connectivity index (χ4n) is 1.78. The molecule has 1 aromatic heterocycles. The molecule has 0 unspecified atom stereocenters. The number of nitrogens with one attached hydrogen (secondary N) is 1. The van der Waals surface area contributed by atoms with E-state index in [1.165, 1.54) is 11.3 Å². The maximum absolute atomic E-state index is 11.9. The Balaban J connectivity index is 1.59. The lowest BCUT2D eigenvalue weighted by molar-refractivity contribution is 0.0955. The number of amides is 1. The summed E-state index contributed by atoms with van der Waals surface area (Å²) in [6, 6.07) is 9.62. The van der Waals surface area contributed by atoms with E-state index in [-0.39, 0.29) is 5.91 Å². The summed E-state index contributed by atoms with van der Waals surface area (Å²) in [6.07, 6.45) is 2.19. The van der Waals surface area contributed by atoms with Crippen LogP contribution in [-0.4, -0.2) is 11.9 Å². The third-order valence-corrected chi connectivity index (χ3v) is 4.31. The highest BCUT2D eigenvalue weighted by Gasteiger charge is 2.24. The topological polar surface area (TPSA) is 38.3 Å². The van der Waals surface area contributed by atoms with Gasteiger partial charge >= 0.3 is 0 Å². The Hall–Kier alpha value is -1.52. The van der Waals surface area contributed by atoms with Crippen LogP contribution in [0.4, 0.5) is 0 Å². The van der Waals surface area contributed by atoms with Gasteiger partial charge in [-0.3, -0.25) is 4.79 Å². The van der Waals surface area contributed by atoms with E-state index in [0.29, 0.717) is 23.4 Å². The van der Waals surface area contributed by atoms with Gasteiger partial charge < -0.3 is 10.1 Å². The fraction of sp³-hybridized carbons (Fsp3) is 0.267. The van der Waals surface area contributed by atoms with E-state index >= 15 is 0 Å².